The predicted molar refractivity (Wildman–Crippen MR) is 103 cm³/mol. The summed E-state index contributed by atoms with van der Waals surface area (Å²) in [5.41, 5.74) is 2.00. The molecule has 0 spiro atoms. The molecule has 2 aromatic carbocycles. The van der Waals surface area contributed by atoms with Crippen molar-refractivity contribution in [2.24, 2.45) is 0 Å². The number of aryl methyl sites for hydroxylation is 1. The quantitative estimate of drug-likeness (QED) is 0.782. The van der Waals surface area contributed by atoms with Gasteiger partial charge in [-0.05, 0) is 74.2 Å². The highest BCUT2D eigenvalue weighted by Gasteiger charge is 2.29. The number of methoxy groups -OCH3 is 2. The molecule has 3 rings (SSSR count). The summed E-state index contributed by atoms with van der Waals surface area (Å²) in [5.74, 6) is 1.89. The molecule has 7 heteroatoms. The highest BCUT2D eigenvalue weighted by molar-refractivity contribution is 7.89. The third-order valence-electron chi connectivity index (χ3n) is 4.53. The molecule has 0 amide bonds. The molecule has 1 unspecified atom stereocenters. The van der Waals surface area contributed by atoms with Crippen LogP contribution in [0.15, 0.2) is 41.3 Å². The summed E-state index contributed by atoms with van der Waals surface area (Å²) < 4.78 is 44.7. The minimum Gasteiger partial charge on any atom is -0.493 e. The van der Waals surface area contributed by atoms with Crippen LogP contribution >= 0.6 is 0 Å². The Balaban J connectivity index is 1.82. The van der Waals surface area contributed by atoms with Gasteiger partial charge in [-0.1, -0.05) is 0 Å². The fraction of sp³-hybridized carbons (Fsp3) is 0.400. The zero-order chi connectivity index (χ0) is 19.6. The first-order valence-electron chi connectivity index (χ1n) is 8.88. The van der Waals surface area contributed by atoms with E-state index in [2.05, 4.69) is 4.72 Å². The topological polar surface area (TPSA) is 73.9 Å². The zero-order valence-corrected chi connectivity index (χ0v) is 16.8. The number of fused-ring (bicyclic) bond motifs is 1. The van der Waals surface area contributed by atoms with E-state index in [1.165, 1.54) is 0 Å². The van der Waals surface area contributed by atoms with Crippen LogP contribution < -0.4 is 18.9 Å². The fourth-order valence-electron chi connectivity index (χ4n) is 3.28. The standard InChI is InChI=1S/C20H25NO5S/c1-13(2)26-15-6-8-16(9-7-15)27(22,23)21-18-10-5-14-11-19(24-3)20(25-4)12-17(14)18/h6-9,11-13,18,21H,5,10H2,1-4H3. The zero-order valence-electron chi connectivity index (χ0n) is 16.0. The Labute approximate surface area is 160 Å². The Bertz CT molecular complexity index is 907. The third kappa shape index (κ3) is 4.20. The lowest BCUT2D eigenvalue weighted by atomic mass is 10.1. The molecule has 27 heavy (non-hydrogen) atoms. The van der Waals surface area contributed by atoms with Crippen LogP contribution in [-0.4, -0.2) is 28.7 Å². The molecule has 0 heterocycles. The summed E-state index contributed by atoms with van der Waals surface area (Å²) in [7, 11) is -0.487. The molecule has 0 radical (unpaired) electrons. The van der Waals surface area contributed by atoms with Crippen molar-refractivity contribution in [2.45, 2.75) is 43.7 Å². The molecular formula is C20H25NO5S. The second-order valence-corrected chi connectivity index (χ2v) is 8.47. The summed E-state index contributed by atoms with van der Waals surface area (Å²) >= 11 is 0. The van der Waals surface area contributed by atoms with Gasteiger partial charge in [0.15, 0.2) is 11.5 Å². The Morgan fingerprint density at radius 1 is 1.04 bits per heavy atom. The Hall–Kier alpha value is -2.25. The number of ether oxygens (including phenoxy) is 3. The molecule has 0 aliphatic heterocycles. The molecule has 0 saturated heterocycles. The molecule has 0 fully saturated rings. The number of sulfonamides is 1. The van der Waals surface area contributed by atoms with Gasteiger partial charge in [-0.15, -0.1) is 0 Å². The number of hydrogen-bond donors (Lipinski definition) is 1. The van der Waals surface area contributed by atoms with Crippen molar-refractivity contribution in [2.75, 3.05) is 14.2 Å². The smallest absolute Gasteiger partial charge is 0.241 e. The van der Waals surface area contributed by atoms with Gasteiger partial charge in [0, 0.05) is 6.04 Å². The molecule has 0 saturated carbocycles. The van der Waals surface area contributed by atoms with Crippen molar-refractivity contribution in [3.63, 3.8) is 0 Å². The average molecular weight is 391 g/mol. The van der Waals surface area contributed by atoms with E-state index in [0.29, 0.717) is 23.7 Å². The number of hydrogen-bond acceptors (Lipinski definition) is 5. The number of rotatable bonds is 7. The molecular weight excluding hydrogens is 366 g/mol. The molecule has 6 nitrogen and oxygen atoms in total. The highest BCUT2D eigenvalue weighted by atomic mass is 32.2. The minimum atomic E-state index is -3.64. The van der Waals surface area contributed by atoms with Crippen LogP contribution in [0, 0.1) is 0 Å². The molecule has 0 aromatic heterocycles. The normalized spacial score (nSPS) is 16.3. The van der Waals surface area contributed by atoms with Crippen LogP contribution in [0.3, 0.4) is 0 Å². The van der Waals surface area contributed by atoms with Crippen molar-refractivity contribution in [1.29, 1.82) is 0 Å². The van der Waals surface area contributed by atoms with Gasteiger partial charge < -0.3 is 14.2 Å². The van der Waals surface area contributed by atoms with Crippen molar-refractivity contribution in [3.05, 3.63) is 47.5 Å². The van der Waals surface area contributed by atoms with Gasteiger partial charge in [0.05, 0.1) is 25.2 Å². The van der Waals surface area contributed by atoms with Gasteiger partial charge in [0.2, 0.25) is 10.0 Å². The van der Waals surface area contributed by atoms with Crippen LogP contribution in [0.1, 0.15) is 37.4 Å². The van der Waals surface area contributed by atoms with Gasteiger partial charge in [-0.3, -0.25) is 0 Å². The van der Waals surface area contributed by atoms with Crippen molar-refractivity contribution >= 4 is 10.0 Å². The molecule has 0 bridgehead atoms. The van der Waals surface area contributed by atoms with E-state index in [1.807, 2.05) is 26.0 Å². The van der Waals surface area contributed by atoms with E-state index in [1.54, 1.807) is 38.5 Å². The van der Waals surface area contributed by atoms with Crippen molar-refractivity contribution in [3.8, 4) is 17.2 Å². The molecule has 1 aliphatic carbocycles. The van der Waals surface area contributed by atoms with E-state index in [9.17, 15) is 8.42 Å². The van der Waals surface area contributed by atoms with Crippen LogP contribution in [0.2, 0.25) is 0 Å². The minimum absolute atomic E-state index is 0.0348. The lowest BCUT2D eigenvalue weighted by Crippen LogP contribution is -2.27. The summed E-state index contributed by atoms with van der Waals surface area (Å²) in [6, 6.07) is 9.94. The summed E-state index contributed by atoms with van der Waals surface area (Å²) in [4.78, 5) is 0.215. The molecule has 1 atom stereocenters. The lowest BCUT2D eigenvalue weighted by Gasteiger charge is -2.17. The SMILES string of the molecule is COc1cc2c(cc1OC)C(NS(=O)(=O)c1ccc(OC(C)C)cc1)CC2. The number of nitrogens with one attached hydrogen (secondary N) is 1. The molecule has 146 valence electrons. The highest BCUT2D eigenvalue weighted by Crippen LogP contribution is 2.39. The van der Waals surface area contributed by atoms with Crippen molar-refractivity contribution < 1.29 is 22.6 Å². The van der Waals surface area contributed by atoms with Crippen LogP contribution in [0.25, 0.3) is 0 Å². The van der Waals surface area contributed by atoms with Crippen LogP contribution in [0.5, 0.6) is 17.2 Å². The van der Waals surface area contributed by atoms with Crippen LogP contribution in [0.4, 0.5) is 0 Å². The summed E-state index contributed by atoms with van der Waals surface area (Å²) in [6.45, 7) is 3.85. The fourth-order valence-corrected chi connectivity index (χ4v) is 4.53. The number of benzene rings is 2. The second kappa shape index (κ2) is 7.78. The maximum atomic E-state index is 12.8. The first-order valence-corrected chi connectivity index (χ1v) is 10.4. The Morgan fingerprint density at radius 3 is 2.26 bits per heavy atom. The van der Waals surface area contributed by atoms with E-state index >= 15 is 0 Å². The largest absolute Gasteiger partial charge is 0.493 e. The molecule has 1 aliphatic rings. The maximum Gasteiger partial charge on any atom is 0.241 e. The predicted octanol–water partition coefficient (Wildman–Crippen LogP) is 3.46. The van der Waals surface area contributed by atoms with Gasteiger partial charge >= 0.3 is 0 Å². The lowest BCUT2D eigenvalue weighted by molar-refractivity contribution is 0.242. The van der Waals surface area contributed by atoms with Crippen molar-refractivity contribution in [1.82, 2.24) is 4.72 Å². The van der Waals surface area contributed by atoms with E-state index in [0.717, 1.165) is 17.5 Å². The Kier molecular flexibility index (Phi) is 5.62. The maximum absolute atomic E-state index is 12.8. The van der Waals surface area contributed by atoms with Gasteiger partial charge in [0.25, 0.3) is 0 Å². The van der Waals surface area contributed by atoms with Gasteiger partial charge in [0.1, 0.15) is 5.75 Å². The first-order chi connectivity index (χ1) is 12.8. The monoisotopic (exact) mass is 391 g/mol. The first kappa shape index (κ1) is 19.5. The second-order valence-electron chi connectivity index (χ2n) is 6.76. The summed E-state index contributed by atoms with van der Waals surface area (Å²) in [6.07, 6.45) is 1.51. The van der Waals surface area contributed by atoms with E-state index in [4.69, 9.17) is 14.2 Å². The summed E-state index contributed by atoms with van der Waals surface area (Å²) in [5, 5.41) is 0. The van der Waals surface area contributed by atoms with E-state index in [-0.39, 0.29) is 17.0 Å². The molecule has 2 aromatic rings. The molecule has 1 N–H and O–H groups in total. The van der Waals surface area contributed by atoms with Crippen LogP contribution in [-0.2, 0) is 16.4 Å². The third-order valence-corrected chi connectivity index (χ3v) is 6.01. The van der Waals surface area contributed by atoms with E-state index < -0.39 is 10.0 Å². The van der Waals surface area contributed by atoms with Gasteiger partial charge in [-0.2, -0.15) is 0 Å². The Morgan fingerprint density at radius 2 is 1.67 bits per heavy atom. The average Bonchev–Trinajstić information content (AvgIpc) is 3.01. The van der Waals surface area contributed by atoms with Gasteiger partial charge in [-0.25, -0.2) is 13.1 Å².